The number of hydrogen-bond donors (Lipinski definition) is 2. The second kappa shape index (κ2) is 13.2. The lowest BCUT2D eigenvalue weighted by atomic mass is 9.95. The molecule has 0 spiro atoms. The van der Waals surface area contributed by atoms with E-state index in [1.807, 2.05) is 73.7 Å². The summed E-state index contributed by atoms with van der Waals surface area (Å²) < 4.78 is 5.56. The molecule has 1 atom stereocenters. The summed E-state index contributed by atoms with van der Waals surface area (Å²) in [7, 11) is 1.69. The van der Waals surface area contributed by atoms with E-state index in [9.17, 15) is 9.59 Å². The number of benzene rings is 3. The molecular formula is C32H40N4O3. The van der Waals surface area contributed by atoms with Crippen molar-refractivity contribution in [2.45, 2.75) is 33.1 Å². The van der Waals surface area contributed by atoms with Gasteiger partial charge in [0, 0.05) is 44.1 Å². The lowest BCUT2D eigenvalue weighted by molar-refractivity contribution is -0.117. The van der Waals surface area contributed by atoms with Crippen LogP contribution < -0.4 is 25.2 Å². The summed E-state index contributed by atoms with van der Waals surface area (Å²) in [6.07, 6.45) is 0.687. The first kappa shape index (κ1) is 28.0. The summed E-state index contributed by atoms with van der Waals surface area (Å²) in [5, 5.41) is 6.13. The van der Waals surface area contributed by atoms with E-state index in [-0.39, 0.29) is 17.7 Å². The van der Waals surface area contributed by atoms with Crippen molar-refractivity contribution in [3.05, 3.63) is 83.9 Å². The highest BCUT2D eigenvalue weighted by molar-refractivity contribution is 6.03. The second-order valence-electron chi connectivity index (χ2n) is 10.3. The second-order valence-corrected chi connectivity index (χ2v) is 10.3. The van der Waals surface area contributed by atoms with Gasteiger partial charge in [0.2, 0.25) is 5.91 Å². The maximum Gasteiger partial charge on any atom is 0.253 e. The lowest BCUT2D eigenvalue weighted by Crippen LogP contribution is -2.47. The van der Waals surface area contributed by atoms with E-state index in [0.29, 0.717) is 30.1 Å². The van der Waals surface area contributed by atoms with Crippen LogP contribution in [-0.2, 0) is 4.79 Å². The van der Waals surface area contributed by atoms with Crippen LogP contribution in [0.25, 0.3) is 0 Å². The van der Waals surface area contributed by atoms with Crippen molar-refractivity contribution in [3.63, 3.8) is 0 Å². The summed E-state index contributed by atoms with van der Waals surface area (Å²) in [6.45, 7) is 9.88. The summed E-state index contributed by atoms with van der Waals surface area (Å²) in [6, 6.07) is 23.5. The molecule has 7 nitrogen and oxygen atoms in total. The molecule has 1 saturated heterocycles. The fourth-order valence-corrected chi connectivity index (χ4v) is 5.03. The molecule has 1 aliphatic heterocycles. The zero-order chi connectivity index (χ0) is 27.8. The van der Waals surface area contributed by atoms with Gasteiger partial charge < -0.3 is 25.2 Å². The van der Waals surface area contributed by atoms with Gasteiger partial charge in [-0.05, 0) is 48.2 Å². The Morgan fingerprint density at radius 1 is 0.872 bits per heavy atom. The first-order chi connectivity index (χ1) is 18.9. The van der Waals surface area contributed by atoms with Gasteiger partial charge in [0.15, 0.2) is 0 Å². The van der Waals surface area contributed by atoms with Gasteiger partial charge in [-0.1, -0.05) is 63.2 Å². The molecule has 0 aliphatic carbocycles. The van der Waals surface area contributed by atoms with Crippen LogP contribution in [-0.4, -0.2) is 51.6 Å². The van der Waals surface area contributed by atoms with E-state index in [0.717, 1.165) is 48.9 Å². The van der Waals surface area contributed by atoms with Gasteiger partial charge in [0.1, 0.15) is 5.75 Å². The Morgan fingerprint density at radius 3 is 2.15 bits per heavy atom. The Morgan fingerprint density at radius 2 is 1.51 bits per heavy atom. The van der Waals surface area contributed by atoms with Gasteiger partial charge in [-0.15, -0.1) is 0 Å². The van der Waals surface area contributed by atoms with Crippen molar-refractivity contribution < 1.29 is 14.3 Å². The van der Waals surface area contributed by atoms with E-state index in [4.69, 9.17) is 4.74 Å². The van der Waals surface area contributed by atoms with Gasteiger partial charge in [-0.3, -0.25) is 9.59 Å². The van der Waals surface area contributed by atoms with Crippen molar-refractivity contribution in [1.29, 1.82) is 0 Å². The maximum absolute atomic E-state index is 13.4. The number of rotatable bonds is 10. The summed E-state index contributed by atoms with van der Waals surface area (Å²) in [5.41, 5.74) is 4.14. The van der Waals surface area contributed by atoms with Crippen molar-refractivity contribution >= 4 is 28.9 Å². The molecule has 0 bridgehead atoms. The topological polar surface area (TPSA) is 73.9 Å². The van der Waals surface area contributed by atoms with Gasteiger partial charge in [0.25, 0.3) is 5.91 Å². The summed E-state index contributed by atoms with van der Waals surface area (Å²) in [4.78, 5) is 31.1. The fraction of sp³-hybridized carbons (Fsp3) is 0.375. The highest BCUT2D eigenvalue weighted by Gasteiger charge is 2.25. The van der Waals surface area contributed by atoms with E-state index < -0.39 is 0 Å². The molecule has 2 N–H and O–H groups in total. The van der Waals surface area contributed by atoms with Crippen LogP contribution in [0.15, 0.2) is 72.8 Å². The smallest absolute Gasteiger partial charge is 0.253 e. The molecule has 3 aromatic rings. The number of ether oxygens (including phenoxy) is 1. The standard InChI is InChI=1S/C32H40N4O3/c1-5-26(24-11-7-6-8-12-24)32(38)34-25-15-16-28(27(21-25)31(37)33-22-23(2)3)35-17-19-36(20-18-35)29-13-9-10-14-30(29)39-4/h6-16,21,23,26H,5,17-20,22H2,1-4H3,(H,33,37)(H,34,38). The van der Waals surface area contributed by atoms with Gasteiger partial charge in [0.05, 0.1) is 24.3 Å². The Balaban J connectivity index is 1.54. The van der Waals surface area contributed by atoms with E-state index in [2.05, 4.69) is 40.3 Å². The van der Waals surface area contributed by atoms with Crippen molar-refractivity contribution in [2.75, 3.05) is 55.0 Å². The lowest BCUT2D eigenvalue weighted by Gasteiger charge is -2.38. The third-order valence-corrected chi connectivity index (χ3v) is 7.15. The summed E-state index contributed by atoms with van der Waals surface area (Å²) in [5.74, 6) is 0.737. The van der Waals surface area contributed by atoms with Crippen molar-refractivity contribution in [1.82, 2.24) is 5.32 Å². The van der Waals surface area contributed by atoms with Crippen LogP contribution >= 0.6 is 0 Å². The monoisotopic (exact) mass is 528 g/mol. The molecule has 39 heavy (non-hydrogen) atoms. The van der Waals surface area contributed by atoms with E-state index in [1.54, 1.807) is 7.11 Å². The van der Waals surface area contributed by atoms with Crippen LogP contribution in [0.1, 0.15) is 49.0 Å². The Kier molecular flexibility index (Phi) is 9.47. The number of nitrogens with one attached hydrogen (secondary N) is 2. The minimum absolute atomic E-state index is 0.0737. The number of methoxy groups -OCH3 is 1. The normalized spacial score (nSPS) is 14.2. The predicted molar refractivity (Wildman–Crippen MR) is 159 cm³/mol. The average Bonchev–Trinajstić information content (AvgIpc) is 2.97. The molecule has 1 unspecified atom stereocenters. The molecule has 1 heterocycles. The van der Waals surface area contributed by atoms with Crippen LogP contribution in [0.4, 0.5) is 17.1 Å². The van der Waals surface area contributed by atoms with E-state index >= 15 is 0 Å². The number of para-hydroxylation sites is 2. The number of hydrogen-bond acceptors (Lipinski definition) is 5. The third kappa shape index (κ3) is 6.91. The zero-order valence-electron chi connectivity index (χ0n) is 23.4. The number of anilines is 3. The highest BCUT2D eigenvalue weighted by atomic mass is 16.5. The minimum Gasteiger partial charge on any atom is -0.495 e. The van der Waals surface area contributed by atoms with Gasteiger partial charge >= 0.3 is 0 Å². The van der Waals surface area contributed by atoms with Crippen molar-refractivity contribution in [2.24, 2.45) is 5.92 Å². The molecule has 206 valence electrons. The quantitative estimate of drug-likeness (QED) is 0.362. The van der Waals surface area contributed by atoms with Crippen molar-refractivity contribution in [3.8, 4) is 5.75 Å². The Hall–Kier alpha value is -4.00. The number of amides is 2. The molecule has 0 aromatic heterocycles. The average molecular weight is 529 g/mol. The fourth-order valence-electron chi connectivity index (χ4n) is 5.03. The SMILES string of the molecule is CCC(C(=O)Nc1ccc(N2CCN(c3ccccc3OC)CC2)c(C(=O)NCC(C)C)c1)c1ccccc1. The van der Waals surface area contributed by atoms with Gasteiger partial charge in [-0.25, -0.2) is 0 Å². The maximum atomic E-state index is 13.4. The number of carbonyl (C=O) groups is 2. The van der Waals surface area contributed by atoms with Crippen LogP contribution in [0.5, 0.6) is 5.75 Å². The molecule has 1 fully saturated rings. The first-order valence-electron chi connectivity index (χ1n) is 13.8. The predicted octanol–water partition coefficient (Wildman–Crippen LogP) is 5.54. The van der Waals surface area contributed by atoms with Crippen LogP contribution in [0.3, 0.4) is 0 Å². The Labute approximate surface area is 232 Å². The molecule has 3 aromatic carbocycles. The highest BCUT2D eigenvalue weighted by Crippen LogP contribution is 2.31. The molecule has 2 amide bonds. The molecule has 0 saturated carbocycles. The van der Waals surface area contributed by atoms with E-state index in [1.165, 1.54) is 0 Å². The third-order valence-electron chi connectivity index (χ3n) is 7.15. The zero-order valence-corrected chi connectivity index (χ0v) is 23.4. The summed E-state index contributed by atoms with van der Waals surface area (Å²) >= 11 is 0. The Bertz CT molecular complexity index is 1250. The van der Waals surface area contributed by atoms with Crippen LogP contribution in [0, 0.1) is 5.92 Å². The number of nitrogens with zero attached hydrogens (tertiary/aromatic N) is 2. The largest absolute Gasteiger partial charge is 0.495 e. The molecule has 0 radical (unpaired) electrons. The minimum atomic E-state index is -0.257. The first-order valence-corrected chi connectivity index (χ1v) is 13.8. The van der Waals surface area contributed by atoms with Crippen LogP contribution in [0.2, 0.25) is 0 Å². The van der Waals surface area contributed by atoms with Gasteiger partial charge in [-0.2, -0.15) is 0 Å². The molecule has 1 aliphatic rings. The molecular weight excluding hydrogens is 488 g/mol. The number of carbonyl (C=O) groups excluding carboxylic acids is 2. The number of piperazine rings is 1. The molecule has 4 rings (SSSR count). The molecule has 7 heteroatoms.